The number of allylic oxidation sites excluding steroid dienone is 1. The molecule has 4 rings (SSSR count). The molecule has 32 heavy (non-hydrogen) atoms. The quantitative estimate of drug-likeness (QED) is 0.417. The Morgan fingerprint density at radius 1 is 1.34 bits per heavy atom. The van der Waals surface area contributed by atoms with Crippen LogP contribution < -0.4 is 0 Å². The number of esters is 2. The average molecular weight is 445 g/mol. The zero-order valence-corrected chi connectivity index (χ0v) is 19.3. The van der Waals surface area contributed by atoms with Gasteiger partial charge in [-0.25, -0.2) is 4.79 Å². The maximum Gasteiger partial charge on any atom is 0.333 e. The second kappa shape index (κ2) is 7.59. The molecule has 7 unspecified atom stereocenters. The number of aliphatic hydroxyl groups excluding tert-OH is 1. The summed E-state index contributed by atoms with van der Waals surface area (Å²) in [6.07, 6.45) is 5.15. The van der Waals surface area contributed by atoms with Crippen LogP contribution in [0.2, 0.25) is 0 Å². The fourth-order valence-electron chi connectivity index (χ4n) is 5.84. The first-order valence-electron chi connectivity index (χ1n) is 11.2. The Labute approximate surface area is 188 Å². The molecule has 7 atom stereocenters. The molecule has 1 aromatic heterocycles. The molecular formula is C25H32O7. The van der Waals surface area contributed by atoms with Crippen LogP contribution in [0.5, 0.6) is 0 Å². The molecule has 174 valence electrons. The van der Waals surface area contributed by atoms with Crippen LogP contribution in [0.4, 0.5) is 0 Å². The molecule has 1 spiro atoms. The summed E-state index contributed by atoms with van der Waals surface area (Å²) in [5.74, 6) is -0.980. The van der Waals surface area contributed by atoms with Crippen molar-refractivity contribution in [2.45, 2.75) is 77.8 Å². The van der Waals surface area contributed by atoms with Crippen LogP contribution in [0.25, 0.3) is 0 Å². The van der Waals surface area contributed by atoms with E-state index in [9.17, 15) is 19.8 Å². The Hall–Kier alpha value is -2.38. The molecule has 3 aliphatic rings. The van der Waals surface area contributed by atoms with E-state index in [4.69, 9.17) is 13.9 Å². The van der Waals surface area contributed by atoms with Crippen LogP contribution in [-0.2, 0) is 19.1 Å². The van der Waals surface area contributed by atoms with Crippen molar-refractivity contribution in [2.24, 2.45) is 16.7 Å². The Balaban J connectivity index is 1.78. The number of fused-ring (bicyclic) bond motifs is 2. The molecule has 0 bridgehead atoms. The molecule has 0 amide bonds. The molecule has 1 saturated carbocycles. The average Bonchev–Trinajstić information content (AvgIpc) is 3.39. The zero-order chi connectivity index (χ0) is 23.5. The van der Waals surface area contributed by atoms with Gasteiger partial charge in [-0.05, 0) is 51.2 Å². The number of furan rings is 1. The maximum atomic E-state index is 13.4. The fraction of sp³-hybridized carbons (Fsp3) is 0.600. The van der Waals surface area contributed by atoms with Crippen molar-refractivity contribution in [1.29, 1.82) is 0 Å². The number of aliphatic hydroxyl groups is 2. The molecule has 2 heterocycles. The SMILES string of the molecule is CC=C(C)C(=O)OC1C(O)C=C2C3(CC(c4ccoc4)OC3=O)C(C)CCC2(C)C1(C)O. The van der Waals surface area contributed by atoms with E-state index in [-0.39, 0.29) is 11.9 Å². The van der Waals surface area contributed by atoms with Crippen LogP contribution in [0.3, 0.4) is 0 Å². The highest BCUT2D eigenvalue weighted by molar-refractivity contribution is 5.88. The van der Waals surface area contributed by atoms with Crippen molar-refractivity contribution in [1.82, 2.24) is 0 Å². The van der Waals surface area contributed by atoms with Gasteiger partial charge >= 0.3 is 11.9 Å². The summed E-state index contributed by atoms with van der Waals surface area (Å²) in [6.45, 7) is 8.84. The normalized spacial score (nSPS) is 41.8. The monoisotopic (exact) mass is 444 g/mol. The number of rotatable bonds is 3. The van der Waals surface area contributed by atoms with Gasteiger partial charge in [-0.3, -0.25) is 4.79 Å². The summed E-state index contributed by atoms with van der Waals surface area (Å²) in [5.41, 5.74) is -1.61. The second-order valence-corrected chi connectivity index (χ2v) is 9.91. The Kier molecular flexibility index (Phi) is 5.41. The maximum absolute atomic E-state index is 13.4. The van der Waals surface area contributed by atoms with Gasteiger partial charge in [0.15, 0.2) is 6.10 Å². The van der Waals surface area contributed by atoms with Gasteiger partial charge in [-0.1, -0.05) is 26.0 Å². The molecule has 2 aliphatic carbocycles. The number of hydrogen-bond acceptors (Lipinski definition) is 7. The standard InChI is InChI=1S/C25H32O7/c1-6-14(2)21(27)32-20-17(26)11-19-23(4,24(20,5)29)9-7-15(3)25(19)12-18(31-22(25)28)16-8-10-30-13-16/h6,8,10-11,13,15,17-18,20,26,29H,7,9,12H2,1-5H3. The number of hydrogen-bond donors (Lipinski definition) is 2. The first kappa shape index (κ1) is 22.8. The van der Waals surface area contributed by atoms with Crippen molar-refractivity contribution in [3.8, 4) is 0 Å². The first-order chi connectivity index (χ1) is 15.0. The second-order valence-electron chi connectivity index (χ2n) is 9.91. The molecule has 0 radical (unpaired) electrons. The number of ether oxygens (including phenoxy) is 2. The van der Waals surface area contributed by atoms with E-state index in [0.29, 0.717) is 30.4 Å². The minimum absolute atomic E-state index is 0.0430. The third-order valence-corrected chi connectivity index (χ3v) is 8.34. The van der Waals surface area contributed by atoms with Gasteiger partial charge < -0.3 is 24.1 Å². The Morgan fingerprint density at radius 3 is 2.69 bits per heavy atom. The highest BCUT2D eigenvalue weighted by Crippen LogP contribution is 2.66. The number of carbonyl (C=O) groups excluding carboxylic acids is 2. The Morgan fingerprint density at radius 2 is 2.06 bits per heavy atom. The molecule has 7 heteroatoms. The van der Waals surface area contributed by atoms with Crippen LogP contribution in [-0.4, -0.2) is 40.0 Å². The summed E-state index contributed by atoms with van der Waals surface area (Å²) in [6, 6.07) is 1.78. The summed E-state index contributed by atoms with van der Waals surface area (Å²) in [4.78, 5) is 25.9. The lowest BCUT2D eigenvalue weighted by atomic mass is 9.47. The predicted octanol–water partition coefficient (Wildman–Crippen LogP) is 3.62. The van der Waals surface area contributed by atoms with Crippen molar-refractivity contribution in [2.75, 3.05) is 0 Å². The summed E-state index contributed by atoms with van der Waals surface area (Å²) < 4.78 is 16.6. The van der Waals surface area contributed by atoms with Gasteiger partial charge in [0, 0.05) is 23.0 Å². The summed E-state index contributed by atoms with van der Waals surface area (Å²) in [7, 11) is 0. The smallest absolute Gasteiger partial charge is 0.333 e. The number of carbonyl (C=O) groups is 2. The molecule has 1 aromatic rings. The largest absolute Gasteiger partial charge is 0.472 e. The van der Waals surface area contributed by atoms with Crippen LogP contribution in [0.15, 0.2) is 46.3 Å². The minimum atomic E-state index is -1.60. The van der Waals surface area contributed by atoms with Crippen LogP contribution in [0.1, 0.15) is 65.5 Å². The molecule has 2 fully saturated rings. The topological polar surface area (TPSA) is 106 Å². The first-order valence-corrected chi connectivity index (χ1v) is 11.2. The van der Waals surface area contributed by atoms with Gasteiger partial charge in [0.2, 0.25) is 0 Å². The highest BCUT2D eigenvalue weighted by atomic mass is 16.6. The fourth-order valence-corrected chi connectivity index (χ4v) is 5.84. The highest BCUT2D eigenvalue weighted by Gasteiger charge is 2.68. The molecule has 0 aromatic carbocycles. The van der Waals surface area contributed by atoms with Crippen molar-refractivity contribution >= 4 is 11.9 Å². The molecular weight excluding hydrogens is 412 g/mol. The van der Waals surface area contributed by atoms with Gasteiger partial charge in [0.05, 0.1) is 17.9 Å². The van der Waals surface area contributed by atoms with Gasteiger partial charge in [0.25, 0.3) is 0 Å². The van der Waals surface area contributed by atoms with Gasteiger partial charge in [0.1, 0.15) is 17.8 Å². The van der Waals surface area contributed by atoms with E-state index in [2.05, 4.69) is 0 Å². The molecule has 2 N–H and O–H groups in total. The third kappa shape index (κ3) is 3.01. The van der Waals surface area contributed by atoms with Crippen LogP contribution in [0, 0.1) is 16.7 Å². The van der Waals surface area contributed by atoms with Crippen molar-refractivity contribution in [3.63, 3.8) is 0 Å². The van der Waals surface area contributed by atoms with Crippen molar-refractivity contribution in [3.05, 3.63) is 47.5 Å². The Bertz CT molecular complexity index is 972. The lowest BCUT2D eigenvalue weighted by Gasteiger charge is -2.59. The van der Waals surface area contributed by atoms with Crippen molar-refractivity contribution < 1.29 is 33.7 Å². The van der Waals surface area contributed by atoms with E-state index >= 15 is 0 Å². The van der Waals surface area contributed by atoms with E-state index in [1.807, 2.05) is 13.8 Å². The minimum Gasteiger partial charge on any atom is -0.472 e. The van der Waals surface area contributed by atoms with E-state index in [0.717, 1.165) is 5.56 Å². The zero-order valence-electron chi connectivity index (χ0n) is 19.3. The van der Waals surface area contributed by atoms with E-state index < -0.39 is 40.7 Å². The summed E-state index contributed by atoms with van der Waals surface area (Å²) in [5, 5.41) is 22.8. The molecule has 7 nitrogen and oxygen atoms in total. The lowest BCUT2D eigenvalue weighted by Crippen LogP contribution is -2.66. The third-order valence-electron chi connectivity index (χ3n) is 8.34. The summed E-state index contributed by atoms with van der Waals surface area (Å²) >= 11 is 0. The lowest BCUT2D eigenvalue weighted by molar-refractivity contribution is -0.204. The predicted molar refractivity (Wildman–Crippen MR) is 115 cm³/mol. The molecule has 1 aliphatic heterocycles. The van der Waals surface area contributed by atoms with Crippen LogP contribution >= 0.6 is 0 Å². The van der Waals surface area contributed by atoms with E-state index in [1.165, 1.54) is 0 Å². The molecule has 1 saturated heterocycles. The van der Waals surface area contributed by atoms with Gasteiger partial charge in [-0.15, -0.1) is 0 Å². The number of cyclic esters (lactones) is 1. The van der Waals surface area contributed by atoms with Gasteiger partial charge in [-0.2, -0.15) is 0 Å². The van der Waals surface area contributed by atoms with E-state index in [1.54, 1.807) is 51.5 Å².